The van der Waals surface area contributed by atoms with Crippen LogP contribution in [0.3, 0.4) is 0 Å². The molecule has 0 aliphatic heterocycles. The number of aryl methyl sites for hydroxylation is 1. The van der Waals surface area contributed by atoms with Crippen LogP contribution in [0, 0.1) is 0 Å². The normalized spacial score (nSPS) is 12.2. The van der Waals surface area contributed by atoms with Gasteiger partial charge in [-0.05, 0) is 31.7 Å². The molecule has 0 aliphatic rings. The van der Waals surface area contributed by atoms with Crippen molar-refractivity contribution in [2.75, 3.05) is 14.2 Å². The van der Waals surface area contributed by atoms with E-state index in [-0.39, 0.29) is 11.9 Å². The summed E-state index contributed by atoms with van der Waals surface area (Å²) in [4.78, 5) is 14.3. The smallest absolute Gasteiger partial charge is 0.237 e. The standard InChI is InChI=1S/C17H24N4O2/c1-13(20(2)11-15-10-19-21(3)12-15)17(22)18-9-14-6-5-7-16(8-14)23-4/h5-8,10,12-13H,9,11H2,1-4H3,(H,18,22). The highest BCUT2D eigenvalue weighted by Gasteiger charge is 2.18. The maximum Gasteiger partial charge on any atom is 0.237 e. The van der Waals surface area contributed by atoms with E-state index in [0.29, 0.717) is 13.1 Å². The highest BCUT2D eigenvalue weighted by Crippen LogP contribution is 2.12. The van der Waals surface area contributed by atoms with E-state index in [1.165, 1.54) is 0 Å². The van der Waals surface area contributed by atoms with E-state index in [2.05, 4.69) is 10.4 Å². The zero-order chi connectivity index (χ0) is 16.8. The Bertz CT molecular complexity index is 654. The summed E-state index contributed by atoms with van der Waals surface area (Å²) in [6, 6.07) is 7.46. The molecule has 6 nitrogen and oxygen atoms in total. The van der Waals surface area contributed by atoms with E-state index in [1.54, 1.807) is 11.8 Å². The fourth-order valence-electron chi connectivity index (χ4n) is 2.30. The Kier molecular flexibility index (Phi) is 5.76. The summed E-state index contributed by atoms with van der Waals surface area (Å²) >= 11 is 0. The van der Waals surface area contributed by atoms with Gasteiger partial charge in [0.05, 0.1) is 19.3 Å². The molecular weight excluding hydrogens is 292 g/mol. The van der Waals surface area contributed by atoms with E-state index >= 15 is 0 Å². The van der Waals surface area contributed by atoms with Crippen LogP contribution in [0.4, 0.5) is 0 Å². The summed E-state index contributed by atoms with van der Waals surface area (Å²) in [5.41, 5.74) is 2.10. The summed E-state index contributed by atoms with van der Waals surface area (Å²) in [5, 5.41) is 7.11. The van der Waals surface area contributed by atoms with E-state index in [0.717, 1.165) is 16.9 Å². The highest BCUT2D eigenvalue weighted by atomic mass is 16.5. The molecule has 23 heavy (non-hydrogen) atoms. The number of methoxy groups -OCH3 is 1. The number of likely N-dealkylation sites (N-methyl/N-ethyl adjacent to an activating group) is 1. The van der Waals surface area contributed by atoms with Crippen LogP contribution in [0.5, 0.6) is 5.75 Å². The molecular formula is C17H24N4O2. The minimum atomic E-state index is -0.221. The second-order valence-electron chi connectivity index (χ2n) is 5.68. The molecule has 1 atom stereocenters. The molecule has 1 N–H and O–H groups in total. The van der Waals surface area contributed by atoms with Crippen LogP contribution in [0.1, 0.15) is 18.1 Å². The molecule has 1 aromatic carbocycles. The first kappa shape index (κ1) is 17.0. The molecule has 6 heteroatoms. The lowest BCUT2D eigenvalue weighted by molar-refractivity contribution is -0.125. The van der Waals surface area contributed by atoms with E-state index < -0.39 is 0 Å². The number of carbonyl (C=O) groups excluding carboxylic acids is 1. The molecule has 0 aliphatic carbocycles. The van der Waals surface area contributed by atoms with Gasteiger partial charge < -0.3 is 10.1 Å². The Morgan fingerprint density at radius 2 is 2.22 bits per heavy atom. The maximum absolute atomic E-state index is 12.3. The van der Waals surface area contributed by atoms with Gasteiger partial charge in [0.25, 0.3) is 0 Å². The minimum absolute atomic E-state index is 0.000731. The van der Waals surface area contributed by atoms with Gasteiger partial charge in [-0.3, -0.25) is 14.4 Å². The first-order chi connectivity index (χ1) is 11.0. The van der Waals surface area contributed by atoms with Crippen molar-refractivity contribution in [2.45, 2.75) is 26.1 Å². The number of hydrogen-bond acceptors (Lipinski definition) is 4. The zero-order valence-electron chi connectivity index (χ0n) is 14.1. The lowest BCUT2D eigenvalue weighted by Gasteiger charge is -2.23. The van der Waals surface area contributed by atoms with Crippen LogP contribution >= 0.6 is 0 Å². The average Bonchev–Trinajstić information content (AvgIpc) is 2.96. The van der Waals surface area contributed by atoms with Gasteiger partial charge in [0.15, 0.2) is 0 Å². The summed E-state index contributed by atoms with van der Waals surface area (Å²) in [5.74, 6) is 0.790. The third-order valence-electron chi connectivity index (χ3n) is 3.83. The third-order valence-corrected chi connectivity index (χ3v) is 3.83. The molecule has 124 valence electrons. The van der Waals surface area contributed by atoms with Crippen LogP contribution in [-0.2, 0) is 24.9 Å². The van der Waals surface area contributed by atoms with Gasteiger partial charge in [-0.15, -0.1) is 0 Å². The molecule has 1 unspecified atom stereocenters. The minimum Gasteiger partial charge on any atom is -0.497 e. The Hall–Kier alpha value is -2.34. The van der Waals surface area contributed by atoms with Crippen molar-refractivity contribution in [2.24, 2.45) is 7.05 Å². The predicted molar refractivity (Wildman–Crippen MR) is 89.0 cm³/mol. The molecule has 2 aromatic rings. The number of benzene rings is 1. The van der Waals surface area contributed by atoms with Crippen LogP contribution < -0.4 is 10.1 Å². The molecule has 1 heterocycles. The van der Waals surface area contributed by atoms with E-state index in [4.69, 9.17) is 4.74 Å². The second kappa shape index (κ2) is 7.78. The second-order valence-corrected chi connectivity index (χ2v) is 5.68. The number of aromatic nitrogens is 2. The Balaban J connectivity index is 1.86. The summed E-state index contributed by atoms with van der Waals surface area (Å²) in [6.45, 7) is 3.07. The summed E-state index contributed by atoms with van der Waals surface area (Å²) in [6.07, 6.45) is 3.77. The van der Waals surface area contributed by atoms with Gasteiger partial charge in [0, 0.05) is 31.9 Å². The van der Waals surface area contributed by atoms with Gasteiger partial charge >= 0.3 is 0 Å². The number of carbonyl (C=O) groups is 1. The summed E-state index contributed by atoms with van der Waals surface area (Å²) in [7, 11) is 5.45. The van der Waals surface area contributed by atoms with Gasteiger partial charge in [-0.2, -0.15) is 5.10 Å². The monoisotopic (exact) mass is 316 g/mol. The van der Waals surface area contributed by atoms with Crippen molar-refractivity contribution in [3.8, 4) is 5.75 Å². The number of ether oxygens (including phenoxy) is 1. The molecule has 2 rings (SSSR count). The van der Waals surface area contributed by atoms with Crippen LogP contribution in [0.25, 0.3) is 0 Å². The van der Waals surface area contributed by atoms with Gasteiger partial charge in [-0.25, -0.2) is 0 Å². The average molecular weight is 316 g/mol. The van der Waals surface area contributed by atoms with Crippen molar-refractivity contribution in [1.82, 2.24) is 20.0 Å². The first-order valence-electron chi connectivity index (χ1n) is 7.58. The lowest BCUT2D eigenvalue weighted by Crippen LogP contribution is -2.42. The van der Waals surface area contributed by atoms with Gasteiger partial charge in [0.2, 0.25) is 5.91 Å². The number of hydrogen-bond donors (Lipinski definition) is 1. The number of nitrogens with one attached hydrogen (secondary N) is 1. The fourth-order valence-corrected chi connectivity index (χ4v) is 2.30. The molecule has 0 saturated carbocycles. The summed E-state index contributed by atoms with van der Waals surface area (Å²) < 4.78 is 6.95. The lowest BCUT2D eigenvalue weighted by atomic mass is 10.2. The first-order valence-corrected chi connectivity index (χ1v) is 7.58. The van der Waals surface area contributed by atoms with Crippen LogP contribution in [0.2, 0.25) is 0 Å². The highest BCUT2D eigenvalue weighted by molar-refractivity contribution is 5.81. The molecule has 0 fully saturated rings. The Morgan fingerprint density at radius 1 is 1.43 bits per heavy atom. The van der Waals surface area contributed by atoms with Gasteiger partial charge in [-0.1, -0.05) is 12.1 Å². The van der Waals surface area contributed by atoms with E-state index in [1.807, 2.05) is 62.6 Å². The largest absolute Gasteiger partial charge is 0.497 e. The van der Waals surface area contributed by atoms with Crippen LogP contribution in [-0.4, -0.2) is 40.8 Å². The Labute approximate surface area is 137 Å². The molecule has 1 aromatic heterocycles. The molecule has 0 spiro atoms. The van der Waals surface area contributed by atoms with Crippen molar-refractivity contribution in [1.29, 1.82) is 0 Å². The number of rotatable bonds is 7. The number of amides is 1. The molecule has 0 saturated heterocycles. The van der Waals surface area contributed by atoms with Crippen LogP contribution in [0.15, 0.2) is 36.7 Å². The Morgan fingerprint density at radius 3 is 2.87 bits per heavy atom. The van der Waals surface area contributed by atoms with Crippen molar-refractivity contribution >= 4 is 5.91 Å². The number of nitrogens with zero attached hydrogens (tertiary/aromatic N) is 3. The van der Waals surface area contributed by atoms with Crippen molar-refractivity contribution in [3.63, 3.8) is 0 Å². The fraction of sp³-hybridized carbons (Fsp3) is 0.412. The quantitative estimate of drug-likeness (QED) is 0.842. The predicted octanol–water partition coefficient (Wildman–Crippen LogP) is 1.57. The third kappa shape index (κ3) is 4.82. The van der Waals surface area contributed by atoms with Crippen molar-refractivity contribution in [3.05, 3.63) is 47.8 Å². The SMILES string of the molecule is COc1cccc(CNC(=O)C(C)N(C)Cc2cnn(C)c2)c1. The molecule has 0 radical (unpaired) electrons. The van der Waals surface area contributed by atoms with Crippen molar-refractivity contribution < 1.29 is 9.53 Å². The zero-order valence-corrected chi connectivity index (χ0v) is 14.1. The molecule has 0 bridgehead atoms. The topological polar surface area (TPSA) is 59.4 Å². The van der Waals surface area contributed by atoms with E-state index in [9.17, 15) is 4.79 Å². The van der Waals surface area contributed by atoms with Gasteiger partial charge in [0.1, 0.15) is 5.75 Å². The maximum atomic E-state index is 12.3. The molecule has 1 amide bonds.